The number of piperazine rings is 1. The molecule has 0 unspecified atom stereocenters. The largest absolute Gasteiger partial charge is 0.331 e. The van der Waals surface area contributed by atoms with Crippen molar-refractivity contribution in [2.45, 2.75) is 19.4 Å². The third kappa shape index (κ3) is 2.16. The number of hydrogen-bond donors (Lipinski definition) is 1. The zero-order chi connectivity index (χ0) is 14.2. The summed E-state index contributed by atoms with van der Waals surface area (Å²) >= 11 is 0. The van der Waals surface area contributed by atoms with Crippen LogP contribution in [0, 0.1) is 0 Å². The molecule has 0 atom stereocenters. The van der Waals surface area contributed by atoms with Crippen LogP contribution in [-0.4, -0.2) is 41.0 Å². The number of benzene rings is 1. The van der Waals surface area contributed by atoms with Crippen LogP contribution in [0.25, 0.3) is 10.9 Å². The van der Waals surface area contributed by atoms with Gasteiger partial charge in [-0.1, -0.05) is 12.1 Å². The minimum absolute atomic E-state index is 0.0927. The molecule has 1 N–H and O–H groups in total. The maximum Gasteiger partial charge on any atom is 0.255 e. The normalized spacial score (nSPS) is 18.2. The highest BCUT2D eigenvalue weighted by Crippen LogP contribution is 2.23. The van der Waals surface area contributed by atoms with Crippen LogP contribution in [0.3, 0.4) is 0 Å². The summed E-state index contributed by atoms with van der Waals surface area (Å²) in [6.07, 6.45) is 1.76. The second-order valence-electron chi connectivity index (χ2n) is 5.82. The van der Waals surface area contributed by atoms with Gasteiger partial charge in [0, 0.05) is 36.8 Å². The number of aromatic nitrogens is 1. The molecule has 1 aliphatic rings. The van der Waals surface area contributed by atoms with Crippen molar-refractivity contribution in [3.05, 3.63) is 42.1 Å². The summed E-state index contributed by atoms with van der Waals surface area (Å²) in [4.78, 5) is 19.2. The summed E-state index contributed by atoms with van der Waals surface area (Å²) in [6.45, 7) is 6.60. The minimum atomic E-state index is -0.167. The summed E-state index contributed by atoms with van der Waals surface area (Å²) in [5.41, 5.74) is 1.44. The lowest BCUT2D eigenvalue weighted by molar-refractivity contribution is 0.0479. The first-order valence-corrected chi connectivity index (χ1v) is 6.96. The fourth-order valence-electron chi connectivity index (χ4n) is 2.79. The van der Waals surface area contributed by atoms with E-state index in [1.165, 1.54) is 0 Å². The van der Waals surface area contributed by atoms with Gasteiger partial charge in [-0.05, 0) is 32.0 Å². The molecule has 1 aromatic heterocycles. The van der Waals surface area contributed by atoms with Crippen molar-refractivity contribution in [1.29, 1.82) is 0 Å². The van der Waals surface area contributed by atoms with Gasteiger partial charge in [-0.3, -0.25) is 9.78 Å². The fraction of sp³-hybridized carbons (Fsp3) is 0.375. The van der Waals surface area contributed by atoms with E-state index in [2.05, 4.69) is 24.1 Å². The number of carbonyl (C=O) groups is 1. The smallest absolute Gasteiger partial charge is 0.255 e. The van der Waals surface area contributed by atoms with E-state index in [-0.39, 0.29) is 11.4 Å². The van der Waals surface area contributed by atoms with Crippen molar-refractivity contribution in [2.24, 2.45) is 0 Å². The Balaban J connectivity index is 2.04. The highest BCUT2D eigenvalue weighted by atomic mass is 16.2. The van der Waals surface area contributed by atoms with Crippen molar-refractivity contribution < 1.29 is 4.79 Å². The second-order valence-corrected chi connectivity index (χ2v) is 5.82. The lowest BCUT2D eigenvalue weighted by atomic mass is 9.97. The lowest BCUT2D eigenvalue weighted by Crippen LogP contribution is -2.59. The van der Waals surface area contributed by atoms with E-state index in [4.69, 9.17) is 0 Å². The van der Waals surface area contributed by atoms with E-state index in [9.17, 15) is 4.79 Å². The van der Waals surface area contributed by atoms with Crippen molar-refractivity contribution >= 4 is 16.8 Å². The van der Waals surface area contributed by atoms with Crippen LogP contribution in [0.2, 0.25) is 0 Å². The third-order valence-corrected chi connectivity index (χ3v) is 3.92. The maximum absolute atomic E-state index is 12.9. The molecule has 1 aliphatic heterocycles. The maximum atomic E-state index is 12.9. The van der Waals surface area contributed by atoms with Gasteiger partial charge in [-0.2, -0.15) is 0 Å². The highest BCUT2D eigenvalue weighted by molar-refractivity contribution is 6.06. The quantitative estimate of drug-likeness (QED) is 0.862. The Morgan fingerprint density at radius 3 is 2.95 bits per heavy atom. The van der Waals surface area contributed by atoms with Gasteiger partial charge in [0.1, 0.15) is 0 Å². The molecule has 4 heteroatoms. The first-order chi connectivity index (χ1) is 9.59. The summed E-state index contributed by atoms with van der Waals surface area (Å²) in [5.74, 6) is 0.0927. The van der Waals surface area contributed by atoms with Gasteiger partial charge in [-0.15, -0.1) is 0 Å². The molecule has 0 bridgehead atoms. The van der Waals surface area contributed by atoms with Gasteiger partial charge >= 0.3 is 0 Å². The van der Waals surface area contributed by atoms with Crippen molar-refractivity contribution in [3.63, 3.8) is 0 Å². The third-order valence-electron chi connectivity index (χ3n) is 3.92. The molecular weight excluding hydrogens is 250 g/mol. The van der Waals surface area contributed by atoms with Gasteiger partial charge in [0.15, 0.2) is 0 Å². The number of amides is 1. The number of hydrogen-bond acceptors (Lipinski definition) is 3. The number of rotatable bonds is 1. The molecule has 3 rings (SSSR count). The first-order valence-electron chi connectivity index (χ1n) is 6.96. The van der Waals surface area contributed by atoms with Gasteiger partial charge in [0.2, 0.25) is 0 Å². The number of pyridine rings is 1. The molecule has 2 aromatic rings. The van der Waals surface area contributed by atoms with E-state index in [1.807, 2.05) is 35.2 Å². The van der Waals surface area contributed by atoms with Crippen molar-refractivity contribution in [2.75, 3.05) is 19.6 Å². The van der Waals surface area contributed by atoms with Crippen LogP contribution in [0.4, 0.5) is 0 Å². The summed E-state index contributed by atoms with van der Waals surface area (Å²) in [5, 5.41) is 4.27. The Morgan fingerprint density at radius 1 is 1.30 bits per heavy atom. The van der Waals surface area contributed by atoms with E-state index < -0.39 is 0 Å². The van der Waals surface area contributed by atoms with Crippen LogP contribution in [-0.2, 0) is 0 Å². The van der Waals surface area contributed by atoms with Crippen molar-refractivity contribution in [1.82, 2.24) is 15.2 Å². The molecule has 1 saturated heterocycles. The molecule has 4 nitrogen and oxygen atoms in total. The molecule has 104 valence electrons. The van der Waals surface area contributed by atoms with Crippen LogP contribution in [0.1, 0.15) is 24.2 Å². The van der Waals surface area contributed by atoms with Crippen LogP contribution in [0.15, 0.2) is 36.5 Å². The molecule has 0 spiro atoms. The van der Waals surface area contributed by atoms with Gasteiger partial charge in [0.25, 0.3) is 5.91 Å². The average Bonchev–Trinajstić information content (AvgIpc) is 2.45. The van der Waals surface area contributed by atoms with Crippen molar-refractivity contribution in [3.8, 4) is 0 Å². The molecule has 0 aliphatic carbocycles. The zero-order valence-electron chi connectivity index (χ0n) is 11.9. The van der Waals surface area contributed by atoms with Crippen LogP contribution in [0.5, 0.6) is 0 Å². The average molecular weight is 269 g/mol. The molecule has 1 aromatic carbocycles. The zero-order valence-corrected chi connectivity index (χ0v) is 11.9. The second kappa shape index (κ2) is 4.87. The molecule has 0 radical (unpaired) electrons. The predicted octanol–water partition coefficient (Wildman–Crippen LogP) is 2.06. The predicted molar refractivity (Wildman–Crippen MR) is 79.7 cm³/mol. The summed E-state index contributed by atoms with van der Waals surface area (Å²) in [7, 11) is 0. The Morgan fingerprint density at radius 2 is 2.15 bits per heavy atom. The number of carbonyl (C=O) groups excluding carboxylic acids is 1. The van der Waals surface area contributed by atoms with E-state index >= 15 is 0 Å². The van der Waals surface area contributed by atoms with E-state index in [0.717, 1.165) is 36.1 Å². The molecule has 1 amide bonds. The lowest BCUT2D eigenvalue weighted by Gasteiger charge is -2.43. The monoisotopic (exact) mass is 269 g/mol. The van der Waals surface area contributed by atoms with Gasteiger partial charge in [0.05, 0.1) is 11.1 Å². The van der Waals surface area contributed by atoms with E-state index in [0.29, 0.717) is 0 Å². The molecule has 0 saturated carbocycles. The topological polar surface area (TPSA) is 45.2 Å². The van der Waals surface area contributed by atoms with Crippen LogP contribution >= 0.6 is 0 Å². The molecule has 20 heavy (non-hydrogen) atoms. The number of nitrogens with zero attached hydrogens (tertiary/aromatic N) is 2. The molecular formula is C16H19N3O. The SMILES string of the molecule is CC1(C)CNCCN1C(=O)c1cccc2ncccc12. The number of nitrogens with one attached hydrogen (secondary N) is 1. The fourth-order valence-corrected chi connectivity index (χ4v) is 2.79. The molecule has 1 fully saturated rings. The Labute approximate surface area is 118 Å². The van der Waals surface area contributed by atoms with Gasteiger partial charge in [-0.25, -0.2) is 0 Å². The first kappa shape index (κ1) is 13.1. The Hall–Kier alpha value is -1.94. The summed E-state index contributed by atoms with van der Waals surface area (Å²) in [6, 6.07) is 9.57. The molecule has 2 heterocycles. The van der Waals surface area contributed by atoms with E-state index in [1.54, 1.807) is 6.20 Å². The number of fused-ring (bicyclic) bond motifs is 1. The van der Waals surface area contributed by atoms with Crippen LogP contribution < -0.4 is 5.32 Å². The summed E-state index contributed by atoms with van der Waals surface area (Å²) < 4.78 is 0. The standard InChI is InChI=1S/C16H19N3O/c1-16(2)11-17-9-10-19(16)15(20)13-5-3-7-14-12(13)6-4-8-18-14/h3-8,17H,9-11H2,1-2H3. The Bertz CT molecular complexity index is 646. The van der Waals surface area contributed by atoms with Gasteiger partial charge < -0.3 is 10.2 Å². The Kier molecular flexibility index (Phi) is 3.18. The minimum Gasteiger partial charge on any atom is -0.331 e. The highest BCUT2D eigenvalue weighted by Gasteiger charge is 2.34.